The maximum Gasteiger partial charge on any atom is 0.0346 e. The van der Waals surface area contributed by atoms with E-state index < -0.39 is 0 Å². The fourth-order valence-electron chi connectivity index (χ4n) is 9.87. The van der Waals surface area contributed by atoms with Crippen molar-refractivity contribution in [2.45, 2.75) is 110 Å². The molecule has 4 fully saturated rings. The van der Waals surface area contributed by atoms with Gasteiger partial charge in [0.05, 0.1) is 0 Å². The van der Waals surface area contributed by atoms with E-state index in [1.165, 1.54) is 68.6 Å². The number of aromatic nitrogens is 1. The summed E-state index contributed by atoms with van der Waals surface area (Å²) in [6.07, 6.45) is 16.9. The van der Waals surface area contributed by atoms with Crippen molar-refractivity contribution < 1.29 is 0 Å². The van der Waals surface area contributed by atoms with E-state index in [0.29, 0.717) is 10.8 Å². The van der Waals surface area contributed by atoms with E-state index in [9.17, 15) is 0 Å². The first-order valence-corrected chi connectivity index (χ1v) is 14.3. The molecule has 4 aliphatic rings. The average molecular weight is 459 g/mol. The summed E-state index contributed by atoms with van der Waals surface area (Å²) in [5.74, 6) is 4.49. The van der Waals surface area contributed by atoms with Crippen molar-refractivity contribution in [3.8, 4) is 0 Å². The lowest BCUT2D eigenvalue weighted by Gasteiger charge is -2.61. The summed E-state index contributed by atoms with van der Waals surface area (Å²) < 4.78 is 0. The van der Waals surface area contributed by atoms with Gasteiger partial charge in [-0.25, -0.2) is 0 Å². The van der Waals surface area contributed by atoms with Gasteiger partial charge in [0, 0.05) is 29.4 Å². The zero-order chi connectivity index (χ0) is 23.7. The molecule has 0 amide bonds. The molecular formula is C32H46N2. The smallest absolute Gasteiger partial charge is 0.0346 e. The largest absolute Gasteiger partial charge is 0.309 e. The molecule has 1 aromatic carbocycles. The Balaban J connectivity index is 1.23. The number of pyridine rings is 1. The lowest BCUT2D eigenvalue weighted by Crippen LogP contribution is -2.56. The molecule has 34 heavy (non-hydrogen) atoms. The third-order valence-corrected chi connectivity index (χ3v) is 11.4. The average Bonchev–Trinajstić information content (AvgIpc) is 3.15. The second-order valence-corrected chi connectivity index (χ2v) is 14.2. The maximum absolute atomic E-state index is 4.40. The molecule has 1 N–H and O–H groups in total. The van der Waals surface area contributed by atoms with Gasteiger partial charge in [0.25, 0.3) is 0 Å². The Morgan fingerprint density at radius 2 is 1.65 bits per heavy atom. The van der Waals surface area contributed by atoms with Crippen molar-refractivity contribution in [2.75, 3.05) is 0 Å². The second-order valence-electron chi connectivity index (χ2n) is 14.2. The molecule has 0 radical (unpaired) electrons. The molecule has 2 nitrogen and oxygen atoms in total. The van der Waals surface area contributed by atoms with Crippen LogP contribution in [-0.2, 0) is 0 Å². The van der Waals surface area contributed by atoms with Gasteiger partial charge in [0.2, 0.25) is 0 Å². The van der Waals surface area contributed by atoms with Crippen LogP contribution in [0.5, 0.6) is 0 Å². The Labute approximate surface area is 207 Å². The number of hydrogen-bond acceptors (Lipinski definition) is 2. The van der Waals surface area contributed by atoms with E-state index >= 15 is 0 Å². The highest BCUT2D eigenvalue weighted by molar-refractivity contribution is 5.82. The summed E-state index contributed by atoms with van der Waals surface area (Å²) in [6, 6.07) is 10.1. The molecule has 1 heterocycles. The van der Waals surface area contributed by atoms with Gasteiger partial charge >= 0.3 is 0 Å². The fraction of sp³-hybridized carbons (Fsp3) is 0.719. The van der Waals surface area contributed by atoms with Gasteiger partial charge in [-0.3, -0.25) is 4.98 Å². The minimum atomic E-state index is 0.236. The first-order chi connectivity index (χ1) is 16.2. The van der Waals surface area contributed by atoms with Crippen LogP contribution in [0.3, 0.4) is 0 Å². The molecule has 8 atom stereocenters. The predicted molar refractivity (Wildman–Crippen MR) is 143 cm³/mol. The van der Waals surface area contributed by atoms with Crippen LogP contribution in [0.2, 0.25) is 0 Å². The van der Waals surface area contributed by atoms with Gasteiger partial charge in [-0.05, 0) is 142 Å². The summed E-state index contributed by atoms with van der Waals surface area (Å²) in [4.78, 5) is 4.40. The molecular weight excluding hydrogens is 412 g/mol. The Morgan fingerprint density at radius 1 is 0.853 bits per heavy atom. The first kappa shape index (κ1) is 23.0. The molecule has 2 aromatic rings. The standard InChI is InChI=1S/C32H46N2/c1-30(2,3)34-25-12-15-31(4)24(19-25)8-9-26-28-11-10-27(32(28,5)16-13-29(26)31)22-7-6-21-14-17-33-20-23(21)18-22/h6-7,14,17-18,20,24-29,34H,8-13,15-16,19H2,1-5H3/t24-,25+,26-,27+,28-,29-,31-,32+/m0/s1. The number of nitrogens with one attached hydrogen (secondary N) is 1. The maximum atomic E-state index is 4.40. The Hall–Kier alpha value is -1.41. The lowest BCUT2D eigenvalue weighted by molar-refractivity contribution is -0.110. The number of rotatable bonds is 2. The van der Waals surface area contributed by atoms with Crippen LogP contribution in [0.1, 0.15) is 104 Å². The highest BCUT2D eigenvalue weighted by Gasteiger charge is 2.60. The van der Waals surface area contributed by atoms with Crippen LogP contribution >= 0.6 is 0 Å². The summed E-state index contributed by atoms with van der Waals surface area (Å²) >= 11 is 0. The summed E-state index contributed by atoms with van der Waals surface area (Å²) in [6.45, 7) is 12.4. The zero-order valence-electron chi connectivity index (χ0n) is 22.2. The monoisotopic (exact) mass is 458 g/mol. The van der Waals surface area contributed by atoms with Crippen molar-refractivity contribution in [1.82, 2.24) is 10.3 Å². The number of nitrogens with zero attached hydrogens (tertiary/aromatic N) is 1. The third kappa shape index (κ3) is 3.66. The Bertz CT molecular complexity index is 1050. The molecule has 0 saturated heterocycles. The fourth-order valence-corrected chi connectivity index (χ4v) is 9.87. The van der Waals surface area contributed by atoms with Crippen LogP contribution in [-0.4, -0.2) is 16.6 Å². The van der Waals surface area contributed by atoms with Crippen LogP contribution in [0.15, 0.2) is 36.7 Å². The normalized spacial score (nSPS) is 42.1. The molecule has 0 spiro atoms. The van der Waals surface area contributed by atoms with Gasteiger partial charge in [0.1, 0.15) is 0 Å². The quantitative estimate of drug-likeness (QED) is 0.491. The van der Waals surface area contributed by atoms with Crippen molar-refractivity contribution in [3.63, 3.8) is 0 Å². The number of fused-ring (bicyclic) bond motifs is 6. The van der Waals surface area contributed by atoms with Crippen LogP contribution in [0.4, 0.5) is 0 Å². The highest BCUT2D eigenvalue weighted by Crippen LogP contribution is 2.69. The topological polar surface area (TPSA) is 24.9 Å². The van der Waals surface area contributed by atoms with E-state index in [-0.39, 0.29) is 5.54 Å². The van der Waals surface area contributed by atoms with E-state index in [1.54, 1.807) is 5.56 Å². The van der Waals surface area contributed by atoms with Crippen molar-refractivity contribution in [3.05, 3.63) is 42.2 Å². The molecule has 0 unspecified atom stereocenters. The number of benzene rings is 1. The Kier molecular flexibility index (Phi) is 5.45. The van der Waals surface area contributed by atoms with Gasteiger partial charge in [-0.1, -0.05) is 26.0 Å². The summed E-state index contributed by atoms with van der Waals surface area (Å²) in [5, 5.41) is 6.59. The van der Waals surface area contributed by atoms with Crippen molar-refractivity contribution >= 4 is 10.8 Å². The molecule has 184 valence electrons. The number of hydrogen-bond donors (Lipinski definition) is 1. The second kappa shape index (κ2) is 8.05. The SMILES string of the molecule is CC(C)(C)N[C@@H]1CC[C@@]2(C)[C@@H](CC[C@@H]3[C@@H]2CC[C@]2(C)[C@@H](c4ccc5ccncc5c4)CC[C@@H]32)C1. The molecule has 4 saturated carbocycles. The predicted octanol–water partition coefficient (Wildman–Crippen LogP) is 8.12. The van der Waals surface area contributed by atoms with E-state index in [0.717, 1.165) is 35.6 Å². The van der Waals surface area contributed by atoms with Crippen LogP contribution in [0, 0.1) is 34.5 Å². The zero-order valence-corrected chi connectivity index (χ0v) is 22.2. The molecule has 6 rings (SSSR count). The van der Waals surface area contributed by atoms with Gasteiger partial charge < -0.3 is 5.32 Å². The molecule has 1 aromatic heterocycles. The van der Waals surface area contributed by atoms with Gasteiger partial charge in [-0.2, -0.15) is 0 Å². The highest BCUT2D eigenvalue weighted by atomic mass is 15.0. The third-order valence-electron chi connectivity index (χ3n) is 11.4. The van der Waals surface area contributed by atoms with E-state index in [4.69, 9.17) is 0 Å². The van der Waals surface area contributed by atoms with E-state index in [2.05, 4.69) is 75.4 Å². The lowest BCUT2D eigenvalue weighted by atomic mass is 9.44. The van der Waals surface area contributed by atoms with Crippen molar-refractivity contribution in [1.29, 1.82) is 0 Å². The van der Waals surface area contributed by atoms with E-state index in [1.807, 2.05) is 6.20 Å². The van der Waals surface area contributed by atoms with Crippen LogP contribution < -0.4 is 5.32 Å². The minimum absolute atomic E-state index is 0.236. The first-order valence-electron chi connectivity index (χ1n) is 14.3. The van der Waals surface area contributed by atoms with Gasteiger partial charge in [-0.15, -0.1) is 0 Å². The summed E-state index contributed by atoms with van der Waals surface area (Å²) in [7, 11) is 0. The Morgan fingerprint density at radius 3 is 2.47 bits per heavy atom. The summed E-state index contributed by atoms with van der Waals surface area (Å²) in [5.41, 5.74) is 2.87. The van der Waals surface area contributed by atoms with Crippen molar-refractivity contribution in [2.24, 2.45) is 34.5 Å². The molecule has 0 bridgehead atoms. The molecule has 2 heteroatoms. The van der Waals surface area contributed by atoms with Crippen LogP contribution in [0.25, 0.3) is 10.8 Å². The van der Waals surface area contributed by atoms with Gasteiger partial charge in [0.15, 0.2) is 0 Å². The molecule has 0 aliphatic heterocycles. The molecule has 4 aliphatic carbocycles. The minimum Gasteiger partial charge on any atom is -0.309 e.